The van der Waals surface area contributed by atoms with Crippen LogP contribution in [0.1, 0.15) is 49.0 Å². The lowest BCUT2D eigenvalue weighted by Crippen LogP contribution is -2.14. The smallest absolute Gasteiger partial charge is 0.234 e. The van der Waals surface area contributed by atoms with E-state index in [0.29, 0.717) is 17.7 Å². The van der Waals surface area contributed by atoms with Gasteiger partial charge in [0.2, 0.25) is 5.91 Å². The number of rotatable bonds is 6. The van der Waals surface area contributed by atoms with Crippen molar-refractivity contribution >= 4 is 39.3 Å². The molecule has 0 radical (unpaired) electrons. The molecule has 1 heterocycles. The fraction of sp³-hybridized carbons (Fsp3) is 0.471. The van der Waals surface area contributed by atoms with Gasteiger partial charge in [-0.3, -0.25) is 4.79 Å². The van der Waals surface area contributed by atoms with E-state index < -0.39 is 0 Å². The molecule has 24 heavy (non-hydrogen) atoms. The summed E-state index contributed by atoms with van der Waals surface area (Å²) in [7, 11) is 0. The van der Waals surface area contributed by atoms with Crippen LogP contribution in [0.4, 0.5) is 5.69 Å². The van der Waals surface area contributed by atoms with Crippen LogP contribution in [0.3, 0.4) is 0 Å². The molecular formula is C17H19BrN4OS. The number of aromatic nitrogens is 3. The normalized spacial score (nSPS) is 17.1. The summed E-state index contributed by atoms with van der Waals surface area (Å²) in [5.41, 5.74) is 1.92. The molecule has 1 aromatic heterocycles. The first kappa shape index (κ1) is 16.1. The van der Waals surface area contributed by atoms with Crippen LogP contribution in [0.2, 0.25) is 0 Å². The maximum Gasteiger partial charge on any atom is 0.234 e. The highest BCUT2D eigenvalue weighted by Crippen LogP contribution is 2.45. The number of carbonyl (C=O) groups is 1. The average Bonchev–Trinajstić information content (AvgIpc) is 3.48. The van der Waals surface area contributed by atoms with Crippen molar-refractivity contribution in [3.63, 3.8) is 0 Å². The summed E-state index contributed by atoms with van der Waals surface area (Å²) in [6, 6.07) is 6.36. The van der Waals surface area contributed by atoms with E-state index in [9.17, 15) is 4.79 Å². The molecule has 2 aromatic rings. The number of hydrogen-bond acceptors (Lipinski definition) is 4. The van der Waals surface area contributed by atoms with Crippen molar-refractivity contribution in [1.82, 2.24) is 14.8 Å². The number of nitrogens with one attached hydrogen (secondary N) is 1. The number of thioether (sulfide) groups is 1. The number of hydrogen-bond donors (Lipinski definition) is 1. The van der Waals surface area contributed by atoms with Crippen molar-refractivity contribution in [2.75, 3.05) is 11.1 Å². The van der Waals surface area contributed by atoms with Crippen LogP contribution < -0.4 is 5.32 Å². The van der Waals surface area contributed by atoms with Crippen molar-refractivity contribution in [3.8, 4) is 0 Å². The Labute approximate surface area is 153 Å². The molecule has 0 saturated heterocycles. The Kier molecular flexibility index (Phi) is 4.39. The van der Waals surface area contributed by atoms with E-state index in [4.69, 9.17) is 0 Å². The number of anilines is 1. The van der Waals surface area contributed by atoms with Gasteiger partial charge in [0.05, 0.1) is 5.75 Å². The predicted octanol–water partition coefficient (Wildman–Crippen LogP) is 4.29. The molecule has 0 aliphatic heterocycles. The second kappa shape index (κ2) is 6.52. The van der Waals surface area contributed by atoms with E-state index in [-0.39, 0.29) is 5.91 Å². The molecule has 0 spiro atoms. The SMILES string of the molecule is Cc1cc(NC(=O)CSc2nnc(C3CC3)n2C2CC2)ccc1Br. The molecule has 2 saturated carbocycles. The topological polar surface area (TPSA) is 59.8 Å². The van der Waals surface area contributed by atoms with E-state index in [2.05, 4.69) is 36.0 Å². The van der Waals surface area contributed by atoms with Gasteiger partial charge in [-0.1, -0.05) is 27.7 Å². The van der Waals surface area contributed by atoms with Gasteiger partial charge in [-0.05, 0) is 56.4 Å². The zero-order chi connectivity index (χ0) is 16.7. The van der Waals surface area contributed by atoms with E-state index >= 15 is 0 Å². The van der Waals surface area contributed by atoms with Gasteiger partial charge in [-0.15, -0.1) is 10.2 Å². The first-order chi connectivity index (χ1) is 11.6. The summed E-state index contributed by atoms with van der Waals surface area (Å²) < 4.78 is 3.32. The van der Waals surface area contributed by atoms with E-state index in [1.54, 1.807) is 0 Å². The van der Waals surface area contributed by atoms with Gasteiger partial charge in [-0.2, -0.15) is 0 Å². The van der Waals surface area contributed by atoms with Crippen LogP contribution in [-0.2, 0) is 4.79 Å². The third-order valence-corrected chi connectivity index (χ3v) is 6.15. The molecule has 4 rings (SSSR count). The van der Waals surface area contributed by atoms with Crippen LogP contribution in [0.15, 0.2) is 27.8 Å². The fourth-order valence-electron chi connectivity index (χ4n) is 2.73. The highest BCUT2D eigenvalue weighted by molar-refractivity contribution is 9.10. The Hall–Kier alpha value is -1.34. The monoisotopic (exact) mass is 406 g/mol. The molecule has 2 aliphatic rings. The zero-order valence-electron chi connectivity index (χ0n) is 13.5. The Morgan fingerprint density at radius 3 is 2.79 bits per heavy atom. The molecule has 2 aliphatic carbocycles. The lowest BCUT2D eigenvalue weighted by molar-refractivity contribution is -0.113. The first-order valence-electron chi connectivity index (χ1n) is 8.25. The summed E-state index contributed by atoms with van der Waals surface area (Å²) >= 11 is 4.95. The fourth-order valence-corrected chi connectivity index (χ4v) is 3.79. The first-order valence-corrected chi connectivity index (χ1v) is 10.0. The summed E-state index contributed by atoms with van der Waals surface area (Å²) in [6.07, 6.45) is 4.85. The van der Waals surface area contributed by atoms with Gasteiger partial charge in [0.25, 0.3) is 0 Å². The molecule has 2 fully saturated rings. The van der Waals surface area contributed by atoms with E-state index in [0.717, 1.165) is 26.7 Å². The number of halogens is 1. The average molecular weight is 407 g/mol. The summed E-state index contributed by atoms with van der Waals surface area (Å²) in [6.45, 7) is 2.01. The Balaban J connectivity index is 1.39. The summed E-state index contributed by atoms with van der Waals surface area (Å²) in [5.74, 6) is 2.06. The largest absolute Gasteiger partial charge is 0.325 e. The minimum atomic E-state index is -0.0139. The number of amides is 1. The highest BCUT2D eigenvalue weighted by Gasteiger charge is 2.36. The van der Waals surface area contributed by atoms with Gasteiger partial charge in [-0.25, -0.2) is 0 Å². The molecule has 1 aromatic carbocycles. The van der Waals surface area contributed by atoms with E-state index in [1.165, 1.54) is 37.4 Å². The van der Waals surface area contributed by atoms with Crippen LogP contribution in [0.25, 0.3) is 0 Å². The molecule has 5 nitrogen and oxygen atoms in total. The molecule has 0 unspecified atom stereocenters. The van der Waals surface area contributed by atoms with Crippen molar-refractivity contribution < 1.29 is 4.79 Å². The van der Waals surface area contributed by atoms with Gasteiger partial charge in [0.1, 0.15) is 5.82 Å². The van der Waals surface area contributed by atoms with E-state index in [1.807, 2.05) is 25.1 Å². The molecule has 7 heteroatoms. The van der Waals surface area contributed by atoms with Crippen LogP contribution >= 0.6 is 27.7 Å². The van der Waals surface area contributed by atoms with Crippen LogP contribution in [-0.4, -0.2) is 26.4 Å². The van der Waals surface area contributed by atoms with Gasteiger partial charge >= 0.3 is 0 Å². The number of benzene rings is 1. The Morgan fingerprint density at radius 1 is 1.33 bits per heavy atom. The van der Waals surface area contributed by atoms with Crippen LogP contribution in [0.5, 0.6) is 0 Å². The van der Waals surface area contributed by atoms with Crippen molar-refractivity contribution in [1.29, 1.82) is 0 Å². The third-order valence-electron chi connectivity index (χ3n) is 4.32. The Bertz CT molecular complexity index is 783. The maximum absolute atomic E-state index is 12.2. The molecule has 126 valence electrons. The summed E-state index contributed by atoms with van der Waals surface area (Å²) in [5, 5.41) is 12.5. The standard InChI is InChI=1S/C17H19BrN4OS/c1-10-8-12(4-7-14(10)18)19-15(23)9-24-17-21-20-16(11-2-3-11)22(17)13-5-6-13/h4,7-8,11,13H,2-3,5-6,9H2,1H3,(H,19,23). The second-order valence-electron chi connectivity index (χ2n) is 6.52. The minimum absolute atomic E-state index is 0.0139. The van der Waals surface area contributed by atoms with Crippen LogP contribution in [0, 0.1) is 6.92 Å². The molecule has 1 N–H and O–H groups in total. The maximum atomic E-state index is 12.2. The van der Waals surface area contributed by atoms with Gasteiger partial charge < -0.3 is 9.88 Å². The predicted molar refractivity (Wildman–Crippen MR) is 98.5 cm³/mol. The summed E-state index contributed by atoms with van der Waals surface area (Å²) in [4.78, 5) is 12.2. The number of nitrogens with zero attached hydrogens (tertiary/aromatic N) is 3. The molecule has 0 bridgehead atoms. The third kappa shape index (κ3) is 3.52. The zero-order valence-corrected chi connectivity index (χ0v) is 15.9. The van der Waals surface area contributed by atoms with Crippen molar-refractivity contribution in [3.05, 3.63) is 34.1 Å². The highest BCUT2D eigenvalue weighted by atomic mass is 79.9. The quantitative estimate of drug-likeness (QED) is 0.726. The molecular weight excluding hydrogens is 388 g/mol. The number of aryl methyl sites for hydroxylation is 1. The van der Waals surface area contributed by atoms with Gasteiger partial charge in [0, 0.05) is 22.1 Å². The second-order valence-corrected chi connectivity index (χ2v) is 8.31. The number of carbonyl (C=O) groups excluding carboxylic acids is 1. The van der Waals surface area contributed by atoms with Crippen molar-refractivity contribution in [2.24, 2.45) is 0 Å². The molecule has 1 amide bonds. The van der Waals surface area contributed by atoms with Gasteiger partial charge in [0.15, 0.2) is 5.16 Å². The Morgan fingerprint density at radius 2 is 2.12 bits per heavy atom. The molecule has 0 atom stereocenters. The lowest BCUT2D eigenvalue weighted by atomic mass is 10.2. The van der Waals surface area contributed by atoms with Crippen molar-refractivity contribution in [2.45, 2.75) is 49.7 Å². The lowest BCUT2D eigenvalue weighted by Gasteiger charge is -2.09. The minimum Gasteiger partial charge on any atom is -0.325 e.